The second-order valence-electron chi connectivity index (χ2n) is 7.27. The van der Waals surface area contributed by atoms with Gasteiger partial charge in [-0.3, -0.25) is 10.1 Å². The molecule has 0 heterocycles. The van der Waals surface area contributed by atoms with Crippen molar-refractivity contribution in [3.8, 4) is 0 Å². The third-order valence-corrected chi connectivity index (χ3v) is 4.64. The number of nitrogens with one attached hydrogen (secondary N) is 1. The minimum atomic E-state index is -0.303. The van der Waals surface area contributed by atoms with Crippen LogP contribution in [0.25, 0.3) is 0 Å². The van der Waals surface area contributed by atoms with Crippen LogP contribution in [0.2, 0.25) is 0 Å². The molecule has 2 rings (SSSR count). The molecule has 1 saturated carbocycles. The highest BCUT2D eigenvalue weighted by molar-refractivity contribution is 5.55. The standard InChI is InChI=1S/C17H26N2O2/c1-12-9-10-13(11-16(12)19(20)21)18-15-8-6-5-7-14(15)17(2,3)4/h9-11,14-15,18H,5-8H2,1-4H3. The Kier molecular flexibility index (Phi) is 4.55. The van der Waals surface area contributed by atoms with Crippen molar-refractivity contribution in [2.24, 2.45) is 11.3 Å². The lowest BCUT2D eigenvalue weighted by Gasteiger charge is -2.41. The van der Waals surface area contributed by atoms with Gasteiger partial charge in [-0.25, -0.2) is 0 Å². The van der Waals surface area contributed by atoms with Crippen LogP contribution in [0.1, 0.15) is 52.0 Å². The van der Waals surface area contributed by atoms with Gasteiger partial charge in [-0.15, -0.1) is 0 Å². The fraction of sp³-hybridized carbons (Fsp3) is 0.647. The van der Waals surface area contributed by atoms with E-state index in [1.165, 1.54) is 19.3 Å². The molecule has 4 heteroatoms. The SMILES string of the molecule is Cc1ccc(NC2CCCCC2C(C)(C)C)cc1[N+](=O)[O-]. The molecule has 0 amide bonds. The van der Waals surface area contributed by atoms with E-state index in [2.05, 4.69) is 26.1 Å². The smallest absolute Gasteiger partial charge is 0.274 e. The van der Waals surface area contributed by atoms with Gasteiger partial charge >= 0.3 is 0 Å². The fourth-order valence-corrected chi connectivity index (χ4v) is 3.45. The van der Waals surface area contributed by atoms with Crippen molar-refractivity contribution in [2.45, 2.75) is 59.4 Å². The summed E-state index contributed by atoms with van der Waals surface area (Å²) in [5.74, 6) is 0.603. The Hall–Kier alpha value is -1.58. The second-order valence-corrected chi connectivity index (χ2v) is 7.27. The van der Waals surface area contributed by atoms with Gasteiger partial charge in [-0.2, -0.15) is 0 Å². The van der Waals surface area contributed by atoms with Gasteiger partial charge < -0.3 is 5.32 Å². The van der Waals surface area contributed by atoms with E-state index in [1.807, 2.05) is 12.1 Å². The lowest BCUT2D eigenvalue weighted by Crippen LogP contribution is -2.39. The first kappa shape index (κ1) is 15.8. The first-order valence-electron chi connectivity index (χ1n) is 7.80. The van der Waals surface area contributed by atoms with Gasteiger partial charge in [0, 0.05) is 23.4 Å². The Balaban J connectivity index is 2.20. The molecule has 0 spiro atoms. The van der Waals surface area contributed by atoms with Crippen LogP contribution in [0.3, 0.4) is 0 Å². The Labute approximate surface area is 127 Å². The Bertz CT molecular complexity index is 520. The summed E-state index contributed by atoms with van der Waals surface area (Å²) in [5, 5.41) is 14.6. The molecule has 0 aliphatic heterocycles. The van der Waals surface area contributed by atoms with Crippen LogP contribution in [0, 0.1) is 28.4 Å². The van der Waals surface area contributed by atoms with Crippen LogP contribution < -0.4 is 5.32 Å². The molecule has 21 heavy (non-hydrogen) atoms. The zero-order chi connectivity index (χ0) is 15.6. The van der Waals surface area contributed by atoms with Crippen LogP contribution in [0.4, 0.5) is 11.4 Å². The molecule has 0 aromatic heterocycles. The molecule has 0 saturated heterocycles. The maximum atomic E-state index is 11.1. The molecular weight excluding hydrogens is 264 g/mol. The number of hydrogen-bond acceptors (Lipinski definition) is 3. The molecule has 116 valence electrons. The summed E-state index contributed by atoms with van der Waals surface area (Å²) in [6, 6.07) is 5.86. The van der Waals surface area contributed by atoms with Crippen molar-refractivity contribution in [1.29, 1.82) is 0 Å². The van der Waals surface area contributed by atoms with E-state index in [0.29, 0.717) is 17.5 Å². The second kappa shape index (κ2) is 6.04. The topological polar surface area (TPSA) is 55.2 Å². The quantitative estimate of drug-likeness (QED) is 0.635. The van der Waals surface area contributed by atoms with Gasteiger partial charge in [0.1, 0.15) is 0 Å². The van der Waals surface area contributed by atoms with Crippen molar-refractivity contribution in [3.63, 3.8) is 0 Å². The maximum Gasteiger partial charge on any atom is 0.274 e. The molecule has 1 fully saturated rings. The zero-order valence-corrected chi connectivity index (χ0v) is 13.5. The predicted molar refractivity (Wildman–Crippen MR) is 86.7 cm³/mol. The third-order valence-electron chi connectivity index (χ3n) is 4.64. The molecule has 0 bridgehead atoms. The monoisotopic (exact) mass is 290 g/mol. The average Bonchev–Trinajstić information content (AvgIpc) is 2.40. The molecule has 1 aliphatic rings. The van der Waals surface area contributed by atoms with Gasteiger partial charge in [0.15, 0.2) is 0 Å². The molecular formula is C17H26N2O2. The highest BCUT2D eigenvalue weighted by atomic mass is 16.6. The molecule has 1 aromatic carbocycles. The van der Waals surface area contributed by atoms with E-state index in [0.717, 1.165) is 12.1 Å². The predicted octanol–water partition coefficient (Wildman–Crippen LogP) is 4.92. The summed E-state index contributed by atoms with van der Waals surface area (Å²) in [5.41, 5.74) is 2.03. The number of nitrogens with zero attached hydrogens (tertiary/aromatic N) is 1. The summed E-state index contributed by atoms with van der Waals surface area (Å²) in [7, 11) is 0. The lowest BCUT2D eigenvalue weighted by molar-refractivity contribution is -0.385. The first-order chi connectivity index (χ1) is 9.79. The zero-order valence-electron chi connectivity index (χ0n) is 13.5. The van der Waals surface area contributed by atoms with Gasteiger partial charge in [0.25, 0.3) is 5.69 Å². The Morgan fingerprint density at radius 1 is 1.24 bits per heavy atom. The summed E-state index contributed by atoms with van der Waals surface area (Å²) in [6.45, 7) is 8.64. The summed E-state index contributed by atoms with van der Waals surface area (Å²) in [6.07, 6.45) is 4.89. The largest absolute Gasteiger partial charge is 0.382 e. The van der Waals surface area contributed by atoms with Crippen molar-refractivity contribution in [2.75, 3.05) is 5.32 Å². The van der Waals surface area contributed by atoms with Crippen molar-refractivity contribution in [3.05, 3.63) is 33.9 Å². The molecule has 1 N–H and O–H groups in total. The van der Waals surface area contributed by atoms with Crippen LogP contribution in [-0.2, 0) is 0 Å². The van der Waals surface area contributed by atoms with Crippen LogP contribution in [-0.4, -0.2) is 11.0 Å². The molecule has 1 aliphatic carbocycles. The number of hydrogen-bond donors (Lipinski definition) is 1. The minimum absolute atomic E-state index is 0.197. The minimum Gasteiger partial charge on any atom is -0.382 e. The third kappa shape index (κ3) is 3.74. The van der Waals surface area contributed by atoms with Crippen molar-refractivity contribution >= 4 is 11.4 Å². The lowest BCUT2D eigenvalue weighted by atomic mass is 9.69. The number of anilines is 1. The number of nitro benzene ring substituents is 1. The molecule has 1 aromatic rings. The van der Waals surface area contributed by atoms with Gasteiger partial charge in [-0.1, -0.05) is 39.7 Å². The van der Waals surface area contributed by atoms with Crippen LogP contribution in [0.15, 0.2) is 18.2 Å². The molecule has 4 nitrogen and oxygen atoms in total. The van der Waals surface area contributed by atoms with E-state index < -0.39 is 0 Å². The number of nitro groups is 1. The number of aryl methyl sites for hydroxylation is 1. The van der Waals surface area contributed by atoms with Crippen molar-refractivity contribution in [1.82, 2.24) is 0 Å². The maximum absolute atomic E-state index is 11.1. The normalized spacial score (nSPS) is 22.9. The summed E-state index contributed by atoms with van der Waals surface area (Å²) < 4.78 is 0. The Morgan fingerprint density at radius 2 is 1.90 bits per heavy atom. The highest BCUT2D eigenvalue weighted by Gasteiger charge is 2.34. The van der Waals surface area contributed by atoms with E-state index in [1.54, 1.807) is 13.0 Å². The van der Waals surface area contributed by atoms with Gasteiger partial charge in [0.05, 0.1) is 4.92 Å². The van der Waals surface area contributed by atoms with Gasteiger partial charge in [0.2, 0.25) is 0 Å². The van der Waals surface area contributed by atoms with E-state index in [4.69, 9.17) is 0 Å². The number of benzene rings is 1. The van der Waals surface area contributed by atoms with Crippen molar-refractivity contribution < 1.29 is 4.92 Å². The van der Waals surface area contributed by atoms with Gasteiger partial charge in [-0.05, 0) is 37.2 Å². The summed E-state index contributed by atoms with van der Waals surface area (Å²) >= 11 is 0. The van der Waals surface area contributed by atoms with E-state index in [-0.39, 0.29) is 16.0 Å². The fourth-order valence-electron chi connectivity index (χ4n) is 3.45. The van der Waals surface area contributed by atoms with E-state index in [9.17, 15) is 10.1 Å². The molecule has 2 atom stereocenters. The van der Waals surface area contributed by atoms with Crippen LogP contribution in [0.5, 0.6) is 0 Å². The van der Waals surface area contributed by atoms with Crippen LogP contribution >= 0.6 is 0 Å². The molecule has 2 unspecified atom stereocenters. The average molecular weight is 290 g/mol. The molecule has 0 radical (unpaired) electrons. The first-order valence-corrected chi connectivity index (χ1v) is 7.80. The Morgan fingerprint density at radius 3 is 2.52 bits per heavy atom. The highest BCUT2D eigenvalue weighted by Crippen LogP contribution is 2.39. The van der Waals surface area contributed by atoms with E-state index >= 15 is 0 Å². The number of rotatable bonds is 3. The summed E-state index contributed by atoms with van der Waals surface area (Å²) in [4.78, 5) is 10.8.